The van der Waals surface area contributed by atoms with E-state index in [1.54, 1.807) is 6.92 Å². The average Bonchev–Trinajstić information content (AvgIpc) is 2.69. The van der Waals surface area contributed by atoms with Gasteiger partial charge in [0, 0.05) is 20.2 Å². The first kappa shape index (κ1) is 14.0. The second kappa shape index (κ2) is 6.05. The first-order chi connectivity index (χ1) is 7.95. The van der Waals surface area contributed by atoms with E-state index in [0.717, 1.165) is 4.31 Å². The number of hydrogen-bond donors (Lipinski definition) is 2. The lowest BCUT2D eigenvalue weighted by atomic mass is 10.5. The second-order valence-corrected chi connectivity index (χ2v) is 5.32. The Morgan fingerprint density at radius 2 is 2.24 bits per heavy atom. The van der Waals surface area contributed by atoms with Crippen LogP contribution in [0.15, 0.2) is 4.52 Å². The predicted molar refractivity (Wildman–Crippen MR) is 59.1 cm³/mol. The Morgan fingerprint density at radius 1 is 1.53 bits per heavy atom. The van der Waals surface area contributed by atoms with Crippen molar-refractivity contribution in [2.24, 2.45) is 0 Å². The molecular weight excluding hydrogens is 248 g/mol. The molecule has 1 aromatic heterocycles. The molecule has 0 saturated carbocycles. The largest absolute Gasteiger partial charge is 0.396 e. The Bertz CT molecular complexity index is 444. The summed E-state index contributed by atoms with van der Waals surface area (Å²) in [7, 11) is -2.15. The van der Waals surface area contributed by atoms with Gasteiger partial charge in [0.05, 0.1) is 6.54 Å². The van der Waals surface area contributed by atoms with Crippen LogP contribution in [-0.2, 0) is 16.8 Å². The molecule has 9 heteroatoms. The summed E-state index contributed by atoms with van der Waals surface area (Å²) in [6, 6.07) is 0. The number of aromatic nitrogens is 2. The summed E-state index contributed by atoms with van der Waals surface area (Å²) in [5, 5.41) is 12.2. The molecule has 1 rings (SSSR count). The van der Waals surface area contributed by atoms with Gasteiger partial charge in [0.2, 0.25) is 5.89 Å². The van der Waals surface area contributed by atoms with Gasteiger partial charge in [0.15, 0.2) is 5.82 Å². The van der Waals surface area contributed by atoms with Crippen LogP contribution in [0.4, 0.5) is 0 Å². The molecule has 0 aromatic carbocycles. The summed E-state index contributed by atoms with van der Waals surface area (Å²) in [5.41, 5.74) is 0. The molecule has 1 heterocycles. The Labute approximate surface area is 99.8 Å². The van der Waals surface area contributed by atoms with Crippen molar-refractivity contribution in [2.75, 3.05) is 20.2 Å². The van der Waals surface area contributed by atoms with Gasteiger partial charge in [0.1, 0.15) is 0 Å². The molecule has 0 spiro atoms. The number of aliphatic hydroxyl groups is 1. The van der Waals surface area contributed by atoms with Gasteiger partial charge >= 0.3 is 0 Å². The van der Waals surface area contributed by atoms with E-state index in [-0.39, 0.29) is 25.6 Å². The van der Waals surface area contributed by atoms with Crippen molar-refractivity contribution in [2.45, 2.75) is 19.9 Å². The maximum Gasteiger partial charge on any atom is 0.279 e. The van der Waals surface area contributed by atoms with Crippen LogP contribution in [0.5, 0.6) is 0 Å². The quantitative estimate of drug-likeness (QED) is 0.655. The molecule has 0 radical (unpaired) electrons. The maximum atomic E-state index is 11.7. The standard InChI is InChI=1S/C8H16N4O4S/c1-7-10-8(16-11-7)6-9-17(14,15)12(2)4-3-5-13/h9,13H,3-6H2,1-2H3. The van der Waals surface area contributed by atoms with E-state index in [2.05, 4.69) is 14.9 Å². The van der Waals surface area contributed by atoms with Gasteiger partial charge in [-0.25, -0.2) is 0 Å². The highest BCUT2D eigenvalue weighted by Crippen LogP contribution is 1.99. The normalized spacial score (nSPS) is 12.2. The lowest BCUT2D eigenvalue weighted by Crippen LogP contribution is -2.38. The maximum absolute atomic E-state index is 11.7. The molecule has 0 aliphatic carbocycles. The molecule has 0 bridgehead atoms. The number of nitrogens with zero attached hydrogens (tertiary/aromatic N) is 3. The van der Waals surface area contributed by atoms with Crippen LogP contribution in [0, 0.1) is 6.92 Å². The van der Waals surface area contributed by atoms with Crippen molar-refractivity contribution in [3.63, 3.8) is 0 Å². The van der Waals surface area contributed by atoms with E-state index in [4.69, 9.17) is 9.63 Å². The molecular formula is C8H16N4O4S. The van der Waals surface area contributed by atoms with Crippen LogP contribution in [0.2, 0.25) is 0 Å². The number of aryl methyl sites for hydroxylation is 1. The van der Waals surface area contributed by atoms with Crippen LogP contribution in [0.3, 0.4) is 0 Å². The second-order valence-electron chi connectivity index (χ2n) is 3.46. The summed E-state index contributed by atoms with van der Waals surface area (Å²) in [6.07, 6.45) is 0.386. The fourth-order valence-electron chi connectivity index (χ4n) is 1.09. The fraction of sp³-hybridized carbons (Fsp3) is 0.750. The smallest absolute Gasteiger partial charge is 0.279 e. The van der Waals surface area contributed by atoms with E-state index >= 15 is 0 Å². The van der Waals surface area contributed by atoms with Crippen LogP contribution in [0.1, 0.15) is 18.1 Å². The molecule has 0 atom stereocenters. The van der Waals surface area contributed by atoms with Crippen molar-refractivity contribution < 1.29 is 18.0 Å². The van der Waals surface area contributed by atoms with Gasteiger partial charge in [0.25, 0.3) is 10.2 Å². The van der Waals surface area contributed by atoms with Crippen molar-refractivity contribution in [3.8, 4) is 0 Å². The van der Waals surface area contributed by atoms with Gasteiger partial charge in [-0.1, -0.05) is 5.16 Å². The summed E-state index contributed by atoms with van der Waals surface area (Å²) in [5.74, 6) is 0.662. The Morgan fingerprint density at radius 3 is 2.76 bits per heavy atom. The van der Waals surface area contributed by atoms with E-state index in [1.165, 1.54) is 7.05 Å². The summed E-state index contributed by atoms with van der Waals surface area (Å²) in [6.45, 7) is 1.79. The van der Waals surface area contributed by atoms with Crippen molar-refractivity contribution in [1.82, 2.24) is 19.2 Å². The average molecular weight is 264 g/mol. The molecule has 0 unspecified atom stereocenters. The van der Waals surface area contributed by atoms with Gasteiger partial charge in [-0.15, -0.1) is 0 Å². The molecule has 0 fully saturated rings. The highest BCUT2D eigenvalue weighted by molar-refractivity contribution is 7.87. The van der Waals surface area contributed by atoms with E-state index in [0.29, 0.717) is 12.2 Å². The molecule has 0 aliphatic heterocycles. The molecule has 0 saturated heterocycles. The van der Waals surface area contributed by atoms with Crippen molar-refractivity contribution in [3.05, 3.63) is 11.7 Å². The predicted octanol–water partition coefficient (Wildman–Crippen LogP) is -0.973. The zero-order chi connectivity index (χ0) is 12.9. The molecule has 0 amide bonds. The number of nitrogens with one attached hydrogen (secondary N) is 1. The minimum absolute atomic E-state index is 0.0490. The molecule has 2 N–H and O–H groups in total. The summed E-state index contributed by atoms with van der Waals surface area (Å²) in [4.78, 5) is 3.87. The van der Waals surface area contributed by atoms with Gasteiger partial charge in [-0.3, -0.25) is 0 Å². The fourth-order valence-corrected chi connectivity index (χ4v) is 1.98. The molecule has 1 aromatic rings. The molecule has 8 nitrogen and oxygen atoms in total. The SMILES string of the molecule is Cc1noc(CNS(=O)(=O)N(C)CCCO)n1. The van der Waals surface area contributed by atoms with Crippen LogP contribution in [-0.4, -0.2) is 48.2 Å². The topological polar surface area (TPSA) is 109 Å². The molecule has 0 aliphatic rings. The van der Waals surface area contributed by atoms with E-state index in [1.807, 2.05) is 0 Å². The number of rotatable bonds is 7. The summed E-state index contributed by atoms with van der Waals surface area (Å²) >= 11 is 0. The van der Waals surface area contributed by atoms with Gasteiger partial charge in [-0.05, 0) is 13.3 Å². The summed E-state index contributed by atoms with van der Waals surface area (Å²) < 4.78 is 31.5. The third-order valence-corrected chi connectivity index (χ3v) is 3.53. The first-order valence-corrected chi connectivity index (χ1v) is 6.50. The lowest BCUT2D eigenvalue weighted by molar-refractivity contribution is 0.275. The minimum Gasteiger partial charge on any atom is -0.396 e. The van der Waals surface area contributed by atoms with Gasteiger partial charge in [-0.2, -0.15) is 22.4 Å². The monoisotopic (exact) mass is 264 g/mol. The van der Waals surface area contributed by atoms with Crippen molar-refractivity contribution >= 4 is 10.2 Å². The van der Waals surface area contributed by atoms with Crippen LogP contribution >= 0.6 is 0 Å². The van der Waals surface area contributed by atoms with Gasteiger partial charge < -0.3 is 9.63 Å². The Balaban J connectivity index is 2.49. The van der Waals surface area contributed by atoms with Crippen LogP contribution in [0.25, 0.3) is 0 Å². The van der Waals surface area contributed by atoms with E-state index < -0.39 is 10.2 Å². The number of aliphatic hydroxyl groups excluding tert-OH is 1. The lowest BCUT2D eigenvalue weighted by Gasteiger charge is -2.16. The zero-order valence-electron chi connectivity index (χ0n) is 9.75. The Hall–Kier alpha value is -1.03. The van der Waals surface area contributed by atoms with Crippen LogP contribution < -0.4 is 4.72 Å². The molecule has 98 valence electrons. The highest BCUT2D eigenvalue weighted by Gasteiger charge is 2.17. The van der Waals surface area contributed by atoms with Crippen molar-refractivity contribution in [1.29, 1.82) is 0 Å². The first-order valence-electron chi connectivity index (χ1n) is 5.06. The third-order valence-electron chi connectivity index (χ3n) is 2.02. The number of hydrogen-bond acceptors (Lipinski definition) is 6. The van der Waals surface area contributed by atoms with E-state index in [9.17, 15) is 8.42 Å². The molecule has 17 heavy (non-hydrogen) atoms. The zero-order valence-corrected chi connectivity index (χ0v) is 10.6. The third kappa shape index (κ3) is 4.38. The minimum atomic E-state index is -3.58. The Kier molecular flexibility index (Phi) is 5.00. The highest BCUT2D eigenvalue weighted by atomic mass is 32.2.